The number of fused-ring (bicyclic) bond motifs is 1. The molecule has 96 valence electrons. The standard InChI is InChI=1S/C14H12BrN3S/c1-8-3-6-12(10(15)7-8)18-13-11(17-14(18)19)5-4-9(2)16-13/h3-7H,1-2H3,(H,17,19). The molecule has 5 heteroatoms. The maximum Gasteiger partial charge on any atom is 0.184 e. The molecule has 0 spiro atoms. The Morgan fingerprint density at radius 3 is 2.74 bits per heavy atom. The summed E-state index contributed by atoms with van der Waals surface area (Å²) in [6.45, 7) is 4.04. The van der Waals surface area contributed by atoms with E-state index >= 15 is 0 Å². The van der Waals surface area contributed by atoms with Gasteiger partial charge in [-0.15, -0.1) is 0 Å². The lowest BCUT2D eigenvalue weighted by molar-refractivity contribution is 1.03. The second-order valence-electron chi connectivity index (χ2n) is 4.54. The Kier molecular flexibility index (Phi) is 3.03. The third kappa shape index (κ3) is 2.13. The van der Waals surface area contributed by atoms with Crippen LogP contribution in [0, 0.1) is 18.6 Å². The van der Waals surface area contributed by atoms with Crippen LogP contribution in [0.4, 0.5) is 0 Å². The molecule has 0 aliphatic rings. The average molecular weight is 334 g/mol. The fourth-order valence-corrected chi connectivity index (χ4v) is 3.06. The van der Waals surface area contributed by atoms with Crippen molar-refractivity contribution in [3.8, 4) is 5.69 Å². The first kappa shape index (κ1) is 12.6. The summed E-state index contributed by atoms with van der Waals surface area (Å²) in [4.78, 5) is 7.77. The van der Waals surface area contributed by atoms with Crippen molar-refractivity contribution in [3.05, 3.63) is 50.8 Å². The number of hydrogen-bond acceptors (Lipinski definition) is 2. The topological polar surface area (TPSA) is 33.6 Å². The molecule has 0 saturated heterocycles. The van der Waals surface area contributed by atoms with Crippen molar-refractivity contribution < 1.29 is 0 Å². The Bertz CT molecular complexity index is 832. The van der Waals surface area contributed by atoms with Gasteiger partial charge >= 0.3 is 0 Å². The largest absolute Gasteiger partial charge is 0.329 e. The van der Waals surface area contributed by atoms with E-state index in [1.807, 2.05) is 29.7 Å². The van der Waals surface area contributed by atoms with E-state index in [9.17, 15) is 0 Å². The van der Waals surface area contributed by atoms with Gasteiger partial charge < -0.3 is 4.98 Å². The lowest BCUT2D eigenvalue weighted by Crippen LogP contribution is -1.97. The SMILES string of the molecule is Cc1ccc(-n2c(=S)[nH]c3ccc(C)nc32)c(Br)c1. The molecule has 0 fully saturated rings. The van der Waals surface area contributed by atoms with Gasteiger partial charge in [-0.3, -0.25) is 4.57 Å². The molecule has 0 aliphatic carbocycles. The van der Waals surface area contributed by atoms with Gasteiger partial charge in [-0.05, 0) is 71.8 Å². The molecule has 2 aromatic heterocycles. The second-order valence-corrected chi connectivity index (χ2v) is 5.79. The molecule has 1 N–H and O–H groups in total. The maximum atomic E-state index is 5.42. The summed E-state index contributed by atoms with van der Waals surface area (Å²) >= 11 is 9.02. The molecule has 3 rings (SSSR count). The van der Waals surface area contributed by atoms with E-state index in [-0.39, 0.29) is 0 Å². The normalized spacial score (nSPS) is 11.1. The molecular weight excluding hydrogens is 322 g/mol. The fourth-order valence-electron chi connectivity index (χ4n) is 2.10. The number of rotatable bonds is 1. The fraction of sp³-hybridized carbons (Fsp3) is 0.143. The Balaban J connectivity index is 2.38. The quantitative estimate of drug-likeness (QED) is 0.667. The zero-order chi connectivity index (χ0) is 13.6. The predicted octanol–water partition coefficient (Wildman–Crippen LogP) is 4.46. The number of hydrogen-bond donors (Lipinski definition) is 1. The number of aromatic nitrogens is 3. The number of benzene rings is 1. The van der Waals surface area contributed by atoms with E-state index in [0.29, 0.717) is 4.77 Å². The molecule has 3 aromatic rings. The zero-order valence-corrected chi connectivity index (χ0v) is 13.0. The van der Waals surface area contributed by atoms with Crippen LogP contribution < -0.4 is 0 Å². The smallest absolute Gasteiger partial charge is 0.184 e. The summed E-state index contributed by atoms with van der Waals surface area (Å²) in [5, 5.41) is 0. The van der Waals surface area contributed by atoms with Crippen LogP contribution in [-0.2, 0) is 0 Å². The molecule has 0 bridgehead atoms. The van der Waals surface area contributed by atoms with Crippen molar-refractivity contribution in [2.75, 3.05) is 0 Å². The average Bonchev–Trinajstić information content (AvgIpc) is 2.65. The Labute approximate surface area is 124 Å². The summed E-state index contributed by atoms with van der Waals surface area (Å²) in [5.41, 5.74) is 4.97. The first-order chi connectivity index (χ1) is 9.06. The lowest BCUT2D eigenvalue weighted by Gasteiger charge is -2.07. The van der Waals surface area contributed by atoms with Gasteiger partial charge in [-0.2, -0.15) is 0 Å². The van der Waals surface area contributed by atoms with Crippen LogP contribution in [0.3, 0.4) is 0 Å². The zero-order valence-electron chi connectivity index (χ0n) is 10.6. The summed E-state index contributed by atoms with van der Waals surface area (Å²) < 4.78 is 3.62. The third-order valence-electron chi connectivity index (χ3n) is 3.01. The van der Waals surface area contributed by atoms with Crippen LogP contribution >= 0.6 is 28.1 Å². The highest BCUT2D eigenvalue weighted by Gasteiger charge is 2.10. The van der Waals surface area contributed by atoms with Crippen molar-refractivity contribution in [1.82, 2.24) is 14.5 Å². The molecule has 0 radical (unpaired) electrons. The first-order valence-corrected chi connectivity index (χ1v) is 7.11. The molecule has 0 aliphatic heterocycles. The molecule has 0 unspecified atom stereocenters. The highest BCUT2D eigenvalue weighted by atomic mass is 79.9. The van der Waals surface area contributed by atoms with Crippen LogP contribution in [0.5, 0.6) is 0 Å². The Morgan fingerprint density at radius 1 is 1.21 bits per heavy atom. The monoisotopic (exact) mass is 333 g/mol. The van der Waals surface area contributed by atoms with Crippen LogP contribution in [0.2, 0.25) is 0 Å². The summed E-state index contributed by atoms with van der Waals surface area (Å²) in [6.07, 6.45) is 0. The minimum absolute atomic E-state index is 0.651. The van der Waals surface area contributed by atoms with E-state index in [1.165, 1.54) is 5.56 Å². The Hall–Kier alpha value is -1.46. The Morgan fingerprint density at radius 2 is 2.00 bits per heavy atom. The van der Waals surface area contributed by atoms with Gasteiger partial charge in [-0.1, -0.05) is 6.07 Å². The van der Waals surface area contributed by atoms with Crippen molar-refractivity contribution in [2.45, 2.75) is 13.8 Å². The summed E-state index contributed by atoms with van der Waals surface area (Å²) in [6, 6.07) is 10.2. The van der Waals surface area contributed by atoms with E-state index in [2.05, 4.69) is 45.0 Å². The van der Waals surface area contributed by atoms with Gasteiger partial charge in [0.2, 0.25) is 0 Å². The number of imidazole rings is 1. The summed E-state index contributed by atoms with van der Waals surface area (Å²) in [7, 11) is 0. The minimum Gasteiger partial charge on any atom is -0.329 e. The van der Waals surface area contributed by atoms with Crippen molar-refractivity contribution >= 4 is 39.3 Å². The first-order valence-electron chi connectivity index (χ1n) is 5.91. The molecule has 1 aromatic carbocycles. The molecule has 19 heavy (non-hydrogen) atoms. The van der Waals surface area contributed by atoms with E-state index < -0.39 is 0 Å². The molecule has 2 heterocycles. The molecule has 0 amide bonds. The number of H-pyrrole nitrogens is 1. The van der Waals surface area contributed by atoms with Gasteiger partial charge in [0.15, 0.2) is 10.4 Å². The van der Waals surface area contributed by atoms with Gasteiger partial charge in [0.05, 0.1) is 11.2 Å². The van der Waals surface area contributed by atoms with Crippen LogP contribution in [0.1, 0.15) is 11.3 Å². The van der Waals surface area contributed by atoms with Crippen molar-refractivity contribution in [2.24, 2.45) is 0 Å². The number of nitrogens with zero attached hydrogens (tertiary/aromatic N) is 2. The van der Waals surface area contributed by atoms with Gasteiger partial charge in [0.1, 0.15) is 0 Å². The van der Waals surface area contributed by atoms with Gasteiger partial charge in [0, 0.05) is 10.2 Å². The van der Waals surface area contributed by atoms with Crippen molar-refractivity contribution in [3.63, 3.8) is 0 Å². The number of pyridine rings is 1. The lowest BCUT2D eigenvalue weighted by atomic mass is 10.2. The number of nitrogens with one attached hydrogen (secondary N) is 1. The maximum absolute atomic E-state index is 5.42. The van der Waals surface area contributed by atoms with Gasteiger partial charge in [0.25, 0.3) is 0 Å². The number of aromatic amines is 1. The van der Waals surface area contributed by atoms with Gasteiger partial charge in [-0.25, -0.2) is 4.98 Å². The molecule has 0 atom stereocenters. The van der Waals surface area contributed by atoms with E-state index in [0.717, 1.165) is 27.0 Å². The van der Waals surface area contributed by atoms with Crippen molar-refractivity contribution in [1.29, 1.82) is 0 Å². The number of halogens is 1. The third-order valence-corrected chi connectivity index (χ3v) is 3.93. The van der Waals surface area contributed by atoms with Crippen LogP contribution in [-0.4, -0.2) is 14.5 Å². The highest BCUT2D eigenvalue weighted by molar-refractivity contribution is 9.10. The molecular formula is C14H12BrN3S. The predicted molar refractivity (Wildman–Crippen MR) is 83.4 cm³/mol. The molecule has 0 saturated carbocycles. The molecule has 3 nitrogen and oxygen atoms in total. The second kappa shape index (κ2) is 4.58. The number of aryl methyl sites for hydroxylation is 2. The summed E-state index contributed by atoms with van der Waals surface area (Å²) in [5.74, 6) is 0. The highest BCUT2D eigenvalue weighted by Crippen LogP contribution is 2.26. The van der Waals surface area contributed by atoms with E-state index in [1.54, 1.807) is 0 Å². The minimum atomic E-state index is 0.651. The van der Waals surface area contributed by atoms with Crippen LogP contribution in [0.15, 0.2) is 34.8 Å². The van der Waals surface area contributed by atoms with Crippen LogP contribution in [0.25, 0.3) is 16.9 Å². The van der Waals surface area contributed by atoms with E-state index in [4.69, 9.17) is 12.2 Å².